The number of carbonyl (C=O) groups excluding carboxylic acids is 1. The normalized spacial score (nSPS) is 11.0. The van der Waals surface area contributed by atoms with Gasteiger partial charge in [0.1, 0.15) is 5.01 Å². The van der Waals surface area contributed by atoms with E-state index in [1.807, 2.05) is 6.92 Å². The molecular weight excluding hydrogens is 346 g/mol. The lowest BCUT2D eigenvalue weighted by atomic mass is 10.1. The minimum atomic E-state index is -0.198. The fraction of sp³-hybridized carbons (Fsp3) is 0.533. The second kappa shape index (κ2) is 8.93. The van der Waals surface area contributed by atoms with Gasteiger partial charge < -0.3 is 4.98 Å². The quantitative estimate of drug-likeness (QED) is 0.549. The largest absolute Gasteiger partial charge is 0.301 e. The number of thioether (sulfide) groups is 1. The third kappa shape index (κ3) is 6.04. The monoisotopic (exact) mass is 367 g/mol. The average Bonchev–Trinajstić information content (AvgIpc) is 2.91. The average molecular weight is 368 g/mol. The van der Waals surface area contributed by atoms with Crippen LogP contribution in [0.25, 0.3) is 0 Å². The molecule has 2 N–H and O–H groups in total. The van der Waals surface area contributed by atoms with Gasteiger partial charge in [-0.15, -0.1) is 10.2 Å². The molecule has 2 heterocycles. The number of hydrogen-bond acceptors (Lipinski definition) is 7. The topological polar surface area (TPSA) is 101 Å². The van der Waals surface area contributed by atoms with Crippen molar-refractivity contribution in [2.24, 2.45) is 5.92 Å². The minimum Gasteiger partial charge on any atom is -0.301 e. The van der Waals surface area contributed by atoms with Gasteiger partial charge in [-0.1, -0.05) is 50.3 Å². The molecule has 2 aromatic rings. The maximum Gasteiger partial charge on any atom is 0.251 e. The number of H-pyrrole nitrogens is 1. The summed E-state index contributed by atoms with van der Waals surface area (Å²) in [5.41, 5.74) is 0.547. The first-order valence-corrected chi connectivity index (χ1v) is 9.61. The van der Waals surface area contributed by atoms with E-state index in [1.54, 1.807) is 0 Å². The zero-order valence-corrected chi connectivity index (χ0v) is 15.6. The van der Waals surface area contributed by atoms with Crippen LogP contribution in [0.4, 0.5) is 5.13 Å². The Kier molecular flexibility index (Phi) is 6.92. The van der Waals surface area contributed by atoms with Gasteiger partial charge in [-0.2, -0.15) is 0 Å². The molecule has 0 bridgehead atoms. The maximum atomic E-state index is 12.0. The standard InChI is InChI=1S/C15H21N5O2S2/c1-4-5-10-7-11(21)17-14(16-10)23-8-12(22)18-15-20-19-13(24-15)6-9(2)3/h7,9H,4-6,8H2,1-3H3,(H,16,17,21)(H,18,20,22). The van der Waals surface area contributed by atoms with Crippen LogP contribution in [0.5, 0.6) is 0 Å². The molecule has 2 rings (SSSR count). The number of anilines is 1. The number of hydrogen-bond donors (Lipinski definition) is 2. The summed E-state index contributed by atoms with van der Waals surface area (Å²) in [4.78, 5) is 30.6. The van der Waals surface area contributed by atoms with Gasteiger partial charge >= 0.3 is 0 Å². The van der Waals surface area contributed by atoms with Crippen LogP contribution < -0.4 is 10.9 Å². The summed E-state index contributed by atoms with van der Waals surface area (Å²) in [6.45, 7) is 6.24. The third-order valence-corrected chi connectivity index (χ3v) is 4.65. The van der Waals surface area contributed by atoms with Crippen molar-refractivity contribution in [3.8, 4) is 0 Å². The van der Waals surface area contributed by atoms with Crippen molar-refractivity contribution >= 4 is 34.1 Å². The lowest BCUT2D eigenvalue weighted by molar-refractivity contribution is -0.113. The Morgan fingerprint density at radius 1 is 1.42 bits per heavy atom. The third-order valence-electron chi connectivity index (χ3n) is 2.92. The fourth-order valence-electron chi connectivity index (χ4n) is 1.96. The van der Waals surface area contributed by atoms with Crippen molar-refractivity contribution in [2.45, 2.75) is 45.2 Å². The summed E-state index contributed by atoms with van der Waals surface area (Å²) in [6, 6.07) is 1.49. The predicted molar refractivity (Wildman–Crippen MR) is 96.7 cm³/mol. The van der Waals surface area contributed by atoms with Crippen LogP contribution in [0, 0.1) is 5.92 Å². The molecule has 0 saturated carbocycles. The highest BCUT2D eigenvalue weighted by atomic mass is 32.2. The van der Waals surface area contributed by atoms with E-state index in [4.69, 9.17) is 0 Å². The number of nitrogens with one attached hydrogen (secondary N) is 2. The van der Waals surface area contributed by atoms with Crippen LogP contribution >= 0.6 is 23.1 Å². The van der Waals surface area contributed by atoms with E-state index in [9.17, 15) is 9.59 Å². The summed E-state index contributed by atoms with van der Waals surface area (Å²) in [5, 5.41) is 12.6. The highest BCUT2D eigenvalue weighted by Gasteiger charge is 2.11. The van der Waals surface area contributed by atoms with E-state index in [0.29, 0.717) is 16.2 Å². The fourth-order valence-corrected chi connectivity index (χ4v) is 3.62. The van der Waals surface area contributed by atoms with E-state index in [1.165, 1.54) is 29.2 Å². The van der Waals surface area contributed by atoms with Crippen LogP contribution in [0.15, 0.2) is 16.0 Å². The molecule has 2 aromatic heterocycles. The van der Waals surface area contributed by atoms with Crippen LogP contribution in [-0.2, 0) is 17.6 Å². The molecule has 0 radical (unpaired) electrons. The SMILES string of the molecule is CCCc1cc(=O)[nH]c(SCC(=O)Nc2nnc(CC(C)C)s2)n1. The Morgan fingerprint density at radius 3 is 2.92 bits per heavy atom. The van der Waals surface area contributed by atoms with Gasteiger partial charge in [-0.05, 0) is 12.3 Å². The number of aromatic nitrogens is 4. The van der Waals surface area contributed by atoms with Crippen molar-refractivity contribution in [3.63, 3.8) is 0 Å². The number of aromatic amines is 1. The van der Waals surface area contributed by atoms with Crippen molar-refractivity contribution in [1.29, 1.82) is 0 Å². The Hall–Kier alpha value is -1.74. The summed E-state index contributed by atoms with van der Waals surface area (Å²) in [6.07, 6.45) is 2.50. The second-order valence-corrected chi connectivity index (χ2v) is 7.75. The molecule has 0 atom stereocenters. The van der Waals surface area contributed by atoms with Crippen LogP contribution in [0.2, 0.25) is 0 Å². The van der Waals surface area contributed by atoms with Crippen molar-refractivity contribution in [2.75, 3.05) is 11.1 Å². The number of rotatable bonds is 8. The second-order valence-electron chi connectivity index (χ2n) is 5.73. The van der Waals surface area contributed by atoms with Crippen LogP contribution in [-0.4, -0.2) is 31.8 Å². The molecule has 24 heavy (non-hydrogen) atoms. The highest BCUT2D eigenvalue weighted by Crippen LogP contribution is 2.19. The minimum absolute atomic E-state index is 0.150. The van der Waals surface area contributed by atoms with E-state index >= 15 is 0 Å². The van der Waals surface area contributed by atoms with Gasteiger partial charge in [0.25, 0.3) is 5.56 Å². The molecular formula is C15H21N5O2S2. The van der Waals surface area contributed by atoms with Crippen LogP contribution in [0.3, 0.4) is 0 Å². The van der Waals surface area contributed by atoms with Gasteiger partial charge in [-0.25, -0.2) is 4.98 Å². The molecule has 0 aliphatic carbocycles. The van der Waals surface area contributed by atoms with Gasteiger partial charge in [0.2, 0.25) is 11.0 Å². The summed E-state index contributed by atoms with van der Waals surface area (Å²) < 4.78 is 0. The van der Waals surface area contributed by atoms with E-state index in [2.05, 4.69) is 39.3 Å². The van der Waals surface area contributed by atoms with E-state index < -0.39 is 0 Å². The molecule has 0 aliphatic rings. The van der Waals surface area contributed by atoms with Crippen molar-refractivity contribution in [3.05, 3.63) is 27.1 Å². The lowest BCUT2D eigenvalue weighted by Crippen LogP contribution is -2.15. The molecule has 0 unspecified atom stereocenters. The van der Waals surface area contributed by atoms with E-state index in [0.717, 1.165) is 30.0 Å². The number of amides is 1. The Bertz CT molecular complexity index is 741. The van der Waals surface area contributed by atoms with E-state index in [-0.39, 0.29) is 17.2 Å². The molecule has 9 heteroatoms. The molecule has 0 fully saturated rings. The van der Waals surface area contributed by atoms with Gasteiger partial charge in [0.05, 0.1) is 5.75 Å². The van der Waals surface area contributed by atoms with Gasteiger partial charge in [-0.3, -0.25) is 14.9 Å². The molecule has 0 spiro atoms. The first kappa shape index (κ1) is 18.6. The summed E-state index contributed by atoms with van der Waals surface area (Å²) in [7, 11) is 0. The number of aryl methyl sites for hydroxylation is 1. The highest BCUT2D eigenvalue weighted by molar-refractivity contribution is 7.99. The molecule has 0 saturated heterocycles. The van der Waals surface area contributed by atoms with Crippen LogP contribution in [0.1, 0.15) is 37.9 Å². The number of nitrogens with zero attached hydrogens (tertiary/aromatic N) is 3. The zero-order valence-electron chi connectivity index (χ0n) is 14.0. The Balaban J connectivity index is 1.89. The predicted octanol–water partition coefficient (Wildman–Crippen LogP) is 2.50. The first-order chi connectivity index (χ1) is 11.5. The summed E-state index contributed by atoms with van der Waals surface area (Å²) in [5.74, 6) is 0.448. The molecule has 130 valence electrons. The molecule has 1 amide bonds. The molecule has 7 nitrogen and oxygen atoms in total. The molecule has 0 aromatic carbocycles. The lowest BCUT2D eigenvalue weighted by Gasteiger charge is -2.03. The Morgan fingerprint density at radius 2 is 2.21 bits per heavy atom. The van der Waals surface area contributed by atoms with Gasteiger partial charge in [0, 0.05) is 18.2 Å². The molecule has 0 aliphatic heterocycles. The Labute approximate surface area is 148 Å². The first-order valence-electron chi connectivity index (χ1n) is 7.81. The summed E-state index contributed by atoms with van der Waals surface area (Å²) >= 11 is 2.58. The van der Waals surface area contributed by atoms with Crippen molar-refractivity contribution in [1.82, 2.24) is 20.2 Å². The zero-order chi connectivity index (χ0) is 17.5. The maximum absolute atomic E-state index is 12.0. The number of carbonyl (C=O) groups is 1. The smallest absolute Gasteiger partial charge is 0.251 e. The van der Waals surface area contributed by atoms with Gasteiger partial charge in [0.15, 0.2) is 5.16 Å². The van der Waals surface area contributed by atoms with Crippen molar-refractivity contribution < 1.29 is 4.79 Å².